The number of urea groups is 1. The summed E-state index contributed by atoms with van der Waals surface area (Å²) >= 11 is 0. The third-order valence-electron chi connectivity index (χ3n) is 2.40. The highest BCUT2D eigenvalue weighted by molar-refractivity contribution is 6.25. The minimum Gasteiger partial charge on any atom is -0.351 e. The Morgan fingerprint density at radius 3 is 2.73 bits per heavy atom. The van der Waals surface area contributed by atoms with Crippen LogP contribution < -0.4 is 5.73 Å². The highest BCUT2D eigenvalue weighted by Crippen LogP contribution is 2.38. The van der Waals surface area contributed by atoms with E-state index in [4.69, 9.17) is 5.73 Å². The molecular weight excluding hydrogens is 200 g/mol. The zero-order valence-corrected chi connectivity index (χ0v) is 7.30. The van der Waals surface area contributed by atoms with E-state index in [0.29, 0.717) is 0 Å². The van der Waals surface area contributed by atoms with Gasteiger partial charge in [-0.15, -0.1) is 0 Å². The number of carbonyl (C=O) groups excluding carboxylic acids is 3. The van der Waals surface area contributed by atoms with Gasteiger partial charge in [-0.25, -0.2) is 4.79 Å². The van der Waals surface area contributed by atoms with Crippen molar-refractivity contribution in [3.8, 4) is 0 Å². The average Bonchev–Trinajstić information content (AvgIpc) is 2.78. The second-order valence-corrected chi connectivity index (χ2v) is 3.17. The van der Waals surface area contributed by atoms with Crippen LogP contribution >= 0.6 is 0 Å². The van der Waals surface area contributed by atoms with Crippen molar-refractivity contribution in [2.24, 2.45) is 10.7 Å². The Bertz CT molecular complexity index is 528. The first-order valence-electron chi connectivity index (χ1n) is 4.08. The quantitative estimate of drug-likeness (QED) is 0.540. The molecule has 2 bridgehead atoms. The molecule has 7 nitrogen and oxygen atoms in total. The Kier molecular flexibility index (Phi) is 1.13. The molecule has 0 aromatic carbocycles. The molecule has 0 spiro atoms. The predicted octanol–water partition coefficient (Wildman–Crippen LogP) is -1.11. The predicted molar refractivity (Wildman–Crippen MR) is 46.9 cm³/mol. The topological polar surface area (TPSA) is 96.1 Å². The Morgan fingerprint density at radius 1 is 1.33 bits per heavy atom. The van der Waals surface area contributed by atoms with Crippen LogP contribution in [0.25, 0.3) is 0 Å². The molecule has 7 heteroatoms. The first-order valence-corrected chi connectivity index (χ1v) is 4.08. The van der Waals surface area contributed by atoms with Gasteiger partial charge in [0.15, 0.2) is 0 Å². The Labute approximate surface area is 83.1 Å². The van der Waals surface area contributed by atoms with Crippen LogP contribution in [0.1, 0.15) is 0 Å². The van der Waals surface area contributed by atoms with E-state index >= 15 is 0 Å². The number of carbonyl (C=O) groups is 3. The number of nitrogens with zero attached hydrogens (tertiary/aromatic N) is 3. The average molecular weight is 204 g/mol. The van der Waals surface area contributed by atoms with Crippen molar-refractivity contribution in [1.29, 1.82) is 0 Å². The molecule has 3 heterocycles. The summed E-state index contributed by atoms with van der Waals surface area (Å²) in [4.78, 5) is 39.7. The Balaban J connectivity index is 2.22. The second-order valence-electron chi connectivity index (χ2n) is 3.17. The van der Waals surface area contributed by atoms with Gasteiger partial charge in [0.1, 0.15) is 23.4 Å². The normalized spacial score (nSPS) is 21.7. The standard InChI is InChI=1S/C8H4N4O3/c9-8(15)11-1-3-6(13)4(11)5-7(14)10-2-12(3)5/h1-2H,(H2,9,15). The lowest BCUT2D eigenvalue weighted by atomic mass is 10.3. The maximum atomic E-state index is 11.6. The van der Waals surface area contributed by atoms with Crippen molar-refractivity contribution >= 4 is 24.1 Å². The smallest absolute Gasteiger partial charge is 0.323 e. The molecule has 0 fully saturated rings. The van der Waals surface area contributed by atoms with E-state index in [1.54, 1.807) is 0 Å². The van der Waals surface area contributed by atoms with Gasteiger partial charge in [0.05, 0.1) is 0 Å². The van der Waals surface area contributed by atoms with E-state index in [9.17, 15) is 14.4 Å². The number of aliphatic imine (C=N–C) groups is 1. The van der Waals surface area contributed by atoms with Crippen molar-refractivity contribution in [2.75, 3.05) is 0 Å². The number of Topliss-reactive ketones (excluding diaryl/α,β-unsaturated/α-hetero) is 1. The summed E-state index contributed by atoms with van der Waals surface area (Å²) in [6.07, 6.45) is 2.56. The Morgan fingerprint density at radius 2 is 2.07 bits per heavy atom. The molecule has 74 valence electrons. The number of rotatable bonds is 0. The lowest BCUT2D eigenvalue weighted by molar-refractivity contribution is -0.115. The maximum Gasteiger partial charge on any atom is 0.323 e. The van der Waals surface area contributed by atoms with E-state index in [-0.39, 0.29) is 22.9 Å². The summed E-state index contributed by atoms with van der Waals surface area (Å²) < 4.78 is 0. The molecule has 0 aromatic heterocycles. The number of primary amides is 1. The van der Waals surface area contributed by atoms with Gasteiger partial charge in [-0.05, 0) is 0 Å². The highest BCUT2D eigenvalue weighted by atomic mass is 16.2. The first kappa shape index (κ1) is 7.92. The maximum absolute atomic E-state index is 11.6. The summed E-state index contributed by atoms with van der Waals surface area (Å²) in [5.41, 5.74) is 5.40. The third kappa shape index (κ3) is 0.711. The van der Waals surface area contributed by atoms with Crippen LogP contribution in [0, 0.1) is 0 Å². The highest BCUT2D eigenvalue weighted by Gasteiger charge is 2.48. The molecule has 3 aliphatic rings. The molecule has 0 saturated heterocycles. The summed E-state index contributed by atoms with van der Waals surface area (Å²) in [6, 6.07) is -0.791. The van der Waals surface area contributed by atoms with Crippen molar-refractivity contribution < 1.29 is 14.4 Å². The minimum atomic E-state index is -0.791. The van der Waals surface area contributed by atoms with Crippen molar-refractivity contribution in [3.63, 3.8) is 0 Å². The lowest BCUT2D eigenvalue weighted by Crippen LogP contribution is -2.32. The fourth-order valence-corrected chi connectivity index (χ4v) is 1.77. The monoisotopic (exact) mass is 204 g/mol. The molecule has 0 aliphatic carbocycles. The molecular formula is C8H4N4O3. The summed E-state index contributed by atoms with van der Waals surface area (Å²) in [6.45, 7) is 0. The lowest BCUT2D eigenvalue weighted by Gasteiger charge is -2.17. The van der Waals surface area contributed by atoms with Gasteiger partial charge in [-0.2, -0.15) is 4.99 Å². The number of hydrogen-bond acceptors (Lipinski definition) is 4. The van der Waals surface area contributed by atoms with Crippen LogP contribution in [0.15, 0.2) is 28.3 Å². The van der Waals surface area contributed by atoms with Crippen LogP contribution in [0.4, 0.5) is 4.79 Å². The number of ketones is 1. The fraction of sp³-hybridized carbons (Fsp3) is 0. The number of hydrogen-bond donors (Lipinski definition) is 1. The van der Waals surface area contributed by atoms with Gasteiger partial charge < -0.3 is 5.73 Å². The second kappa shape index (κ2) is 2.14. The van der Waals surface area contributed by atoms with Gasteiger partial charge in [-0.1, -0.05) is 0 Å². The fourth-order valence-electron chi connectivity index (χ4n) is 1.77. The third-order valence-corrected chi connectivity index (χ3v) is 2.40. The van der Waals surface area contributed by atoms with Crippen LogP contribution in [0.5, 0.6) is 0 Å². The zero-order chi connectivity index (χ0) is 10.7. The largest absolute Gasteiger partial charge is 0.351 e. The minimum absolute atomic E-state index is 0.000000000000000444. The number of nitrogens with two attached hydrogens (primary N) is 1. The molecule has 15 heavy (non-hydrogen) atoms. The molecule has 0 atom stereocenters. The zero-order valence-electron chi connectivity index (χ0n) is 7.30. The van der Waals surface area contributed by atoms with E-state index in [1.807, 2.05) is 0 Å². The van der Waals surface area contributed by atoms with E-state index < -0.39 is 11.9 Å². The molecule has 0 unspecified atom stereocenters. The first-order chi connectivity index (χ1) is 7.11. The van der Waals surface area contributed by atoms with Crippen LogP contribution in [0.3, 0.4) is 0 Å². The number of amides is 3. The van der Waals surface area contributed by atoms with Crippen molar-refractivity contribution in [3.05, 3.63) is 23.3 Å². The molecule has 3 rings (SSSR count). The molecule has 0 aromatic rings. The van der Waals surface area contributed by atoms with Crippen LogP contribution in [-0.4, -0.2) is 33.9 Å². The van der Waals surface area contributed by atoms with Gasteiger partial charge in [0, 0.05) is 6.20 Å². The molecule has 0 saturated carbocycles. The molecule has 3 amide bonds. The van der Waals surface area contributed by atoms with Gasteiger partial charge in [-0.3, -0.25) is 19.4 Å². The Hall–Kier alpha value is -2.44. The molecule has 0 radical (unpaired) electrons. The van der Waals surface area contributed by atoms with E-state index in [1.165, 1.54) is 17.4 Å². The SMILES string of the molecule is NC(=O)N1C=C2C(=O)C1=C1C(=O)N=CN21. The van der Waals surface area contributed by atoms with Gasteiger partial charge in [0.25, 0.3) is 5.91 Å². The van der Waals surface area contributed by atoms with Crippen molar-refractivity contribution in [1.82, 2.24) is 9.80 Å². The summed E-state index contributed by atoms with van der Waals surface area (Å²) in [5.74, 6) is -0.906. The summed E-state index contributed by atoms with van der Waals surface area (Å²) in [7, 11) is 0. The molecule has 3 aliphatic heterocycles. The summed E-state index contributed by atoms with van der Waals surface area (Å²) in [5, 5.41) is 0. The van der Waals surface area contributed by atoms with Crippen LogP contribution in [0.2, 0.25) is 0 Å². The van der Waals surface area contributed by atoms with Crippen molar-refractivity contribution in [2.45, 2.75) is 0 Å². The van der Waals surface area contributed by atoms with Crippen LogP contribution in [-0.2, 0) is 9.59 Å². The van der Waals surface area contributed by atoms with E-state index in [0.717, 1.165) is 4.90 Å². The molecule has 2 N–H and O–H groups in total. The van der Waals surface area contributed by atoms with Gasteiger partial charge >= 0.3 is 6.03 Å². The van der Waals surface area contributed by atoms with Gasteiger partial charge in [0.2, 0.25) is 5.78 Å². The van der Waals surface area contributed by atoms with E-state index in [2.05, 4.69) is 4.99 Å². The number of fused-ring (bicyclic) bond motifs is 4.